The van der Waals surface area contributed by atoms with Gasteiger partial charge in [0.25, 0.3) is 5.91 Å². The third-order valence-electron chi connectivity index (χ3n) is 4.78. The third kappa shape index (κ3) is 4.02. The first kappa shape index (κ1) is 20.6. The number of benzene rings is 2. The SMILES string of the molecule is Cc1c(-c2ccccc2)nc2ccc(Br)cc2c1C(=O)Nc1ncc(C(=O)O)cc1F. The summed E-state index contributed by atoms with van der Waals surface area (Å²) in [5.74, 6) is -3.17. The molecule has 0 spiro atoms. The molecule has 2 heterocycles. The number of carbonyl (C=O) groups is 2. The molecule has 4 rings (SSSR count). The highest BCUT2D eigenvalue weighted by molar-refractivity contribution is 9.10. The summed E-state index contributed by atoms with van der Waals surface area (Å²) in [6.07, 6.45) is 0.991. The lowest BCUT2D eigenvalue weighted by Gasteiger charge is -2.15. The largest absolute Gasteiger partial charge is 0.478 e. The Labute approximate surface area is 184 Å². The van der Waals surface area contributed by atoms with Gasteiger partial charge in [0.05, 0.1) is 22.3 Å². The van der Waals surface area contributed by atoms with Crippen molar-refractivity contribution in [1.82, 2.24) is 9.97 Å². The van der Waals surface area contributed by atoms with Crippen LogP contribution in [0.2, 0.25) is 0 Å². The predicted molar refractivity (Wildman–Crippen MR) is 119 cm³/mol. The molecule has 0 aliphatic rings. The molecular weight excluding hydrogens is 465 g/mol. The van der Waals surface area contributed by atoms with Crippen molar-refractivity contribution in [2.45, 2.75) is 6.92 Å². The van der Waals surface area contributed by atoms with Gasteiger partial charge in [-0.3, -0.25) is 4.79 Å². The van der Waals surface area contributed by atoms with Gasteiger partial charge in [0.1, 0.15) is 0 Å². The molecule has 0 fully saturated rings. The van der Waals surface area contributed by atoms with Crippen molar-refractivity contribution in [3.63, 3.8) is 0 Å². The summed E-state index contributed by atoms with van der Waals surface area (Å²) >= 11 is 3.42. The van der Waals surface area contributed by atoms with Gasteiger partial charge in [0, 0.05) is 21.6 Å². The van der Waals surface area contributed by atoms with Gasteiger partial charge in [-0.15, -0.1) is 0 Å². The monoisotopic (exact) mass is 479 g/mol. The molecule has 0 unspecified atom stereocenters. The average molecular weight is 480 g/mol. The van der Waals surface area contributed by atoms with Crippen molar-refractivity contribution in [3.05, 3.63) is 87.8 Å². The van der Waals surface area contributed by atoms with E-state index >= 15 is 0 Å². The summed E-state index contributed by atoms with van der Waals surface area (Å²) in [6, 6.07) is 15.7. The van der Waals surface area contributed by atoms with Crippen LogP contribution < -0.4 is 5.32 Å². The molecule has 6 nitrogen and oxygen atoms in total. The number of pyridine rings is 2. The van der Waals surface area contributed by atoms with Crippen molar-refractivity contribution in [3.8, 4) is 11.3 Å². The highest BCUT2D eigenvalue weighted by Gasteiger charge is 2.21. The van der Waals surface area contributed by atoms with E-state index in [4.69, 9.17) is 10.1 Å². The number of nitrogens with one attached hydrogen (secondary N) is 1. The number of nitrogens with zero attached hydrogens (tertiary/aromatic N) is 2. The molecule has 0 saturated heterocycles. The van der Waals surface area contributed by atoms with Crippen LogP contribution in [0.1, 0.15) is 26.3 Å². The second-order valence-electron chi connectivity index (χ2n) is 6.80. The molecule has 4 aromatic rings. The molecule has 0 aliphatic heterocycles. The fraction of sp³-hybridized carbons (Fsp3) is 0.0435. The number of aromatic carboxylic acids is 1. The van der Waals surface area contributed by atoms with Crippen LogP contribution in [0.5, 0.6) is 0 Å². The van der Waals surface area contributed by atoms with Gasteiger partial charge < -0.3 is 10.4 Å². The third-order valence-corrected chi connectivity index (χ3v) is 5.28. The number of carboxylic acid groups (broad SMARTS) is 1. The van der Waals surface area contributed by atoms with E-state index in [0.29, 0.717) is 27.7 Å². The summed E-state index contributed by atoms with van der Waals surface area (Å²) in [5, 5.41) is 12.0. The van der Waals surface area contributed by atoms with Crippen LogP contribution in [-0.2, 0) is 0 Å². The van der Waals surface area contributed by atoms with Gasteiger partial charge in [-0.25, -0.2) is 19.2 Å². The summed E-state index contributed by atoms with van der Waals surface area (Å²) in [4.78, 5) is 32.7. The normalized spacial score (nSPS) is 10.8. The van der Waals surface area contributed by atoms with Crippen molar-refractivity contribution in [2.24, 2.45) is 0 Å². The molecule has 0 aliphatic carbocycles. The van der Waals surface area contributed by atoms with Crippen molar-refractivity contribution < 1.29 is 19.1 Å². The van der Waals surface area contributed by atoms with E-state index in [9.17, 15) is 14.0 Å². The predicted octanol–water partition coefficient (Wildman–Crippen LogP) is 5.46. The van der Waals surface area contributed by atoms with E-state index in [2.05, 4.69) is 26.2 Å². The molecule has 2 N–H and O–H groups in total. The number of hydrogen-bond donors (Lipinski definition) is 2. The minimum absolute atomic E-state index is 0.309. The number of carboxylic acids is 1. The molecule has 2 aromatic carbocycles. The molecule has 0 saturated carbocycles. The Morgan fingerprint density at radius 2 is 1.84 bits per heavy atom. The second-order valence-corrected chi connectivity index (χ2v) is 7.72. The summed E-state index contributed by atoms with van der Waals surface area (Å²) in [7, 11) is 0. The maximum absolute atomic E-state index is 14.3. The maximum Gasteiger partial charge on any atom is 0.337 e. The van der Waals surface area contributed by atoms with Gasteiger partial charge >= 0.3 is 5.97 Å². The van der Waals surface area contributed by atoms with E-state index in [1.54, 1.807) is 19.1 Å². The first-order valence-corrected chi connectivity index (χ1v) is 10.00. The average Bonchev–Trinajstić information content (AvgIpc) is 2.75. The van der Waals surface area contributed by atoms with E-state index in [1.165, 1.54) is 0 Å². The standard InChI is InChI=1S/C23H15BrFN3O3/c1-12-19(22(29)28-21-17(25)9-14(11-26-21)23(30)31)16-10-15(24)7-8-18(16)27-20(12)13-5-3-2-4-6-13/h2-11H,1H3,(H,30,31)(H,26,28,29). The fourth-order valence-corrected chi connectivity index (χ4v) is 3.68. The van der Waals surface area contributed by atoms with Gasteiger partial charge in [0.2, 0.25) is 0 Å². The van der Waals surface area contributed by atoms with Gasteiger partial charge in [-0.05, 0) is 36.8 Å². The first-order chi connectivity index (χ1) is 14.8. The zero-order chi connectivity index (χ0) is 22.1. The number of fused-ring (bicyclic) bond motifs is 1. The Morgan fingerprint density at radius 1 is 1.10 bits per heavy atom. The molecular formula is C23H15BrFN3O3. The number of rotatable bonds is 4. The van der Waals surface area contributed by atoms with Crippen LogP contribution in [0.3, 0.4) is 0 Å². The van der Waals surface area contributed by atoms with Crippen LogP contribution in [0.15, 0.2) is 65.3 Å². The molecule has 1 amide bonds. The Bertz CT molecular complexity index is 1340. The van der Waals surface area contributed by atoms with E-state index in [0.717, 1.165) is 22.3 Å². The molecule has 31 heavy (non-hydrogen) atoms. The van der Waals surface area contributed by atoms with Crippen molar-refractivity contribution in [1.29, 1.82) is 0 Å². The minimum atomic E-state index is -1.31. The Balaban J connectivity index is 1.85. The zero-order valence-electron chi connectivity index (χ0n) is 16.2. The van der Waals surface area contributed by atoms with Crippen molar-refractivity contribution in [2.75, 3.05) is 5.32 Å². The van der Waals surface area contributed by atoms with E-state index < -0.39 is 17.7 Å². The van der Waals surface area contributed by atoms with Gasteiger partial charge in [0.15, 0.2) is 11.6 Å². The highest BCUT2D eigenvalue weighted by atomic mass is 79.9. The minimum Gasteiger partial charge on any atom is -0.478 e. The van der Waals surface area contributed by atoms with Crippen LogP contribution >= 0.6 is 15.9 Å². The zero-order valence-corrected chi connectivity index (χ0v) is 17.8. The number of hydrogen-bond acceptors (Lipinski definition) is 4. The van der Waals surface area contributed by atoms with Crippen LogP contribution in [0.25, 0.3) is 22.2 Å². The second kappa shape index (κ2) is 8.23. The maximum atomic E-state index is 14.3. The van der Waals surface area contributed by atoms with Crippen molar-refractivity contribution >= 4 is 44.5 Å². The van der Waals surface area contributed by atoms with E-state index in [1.807, 2.05) is 36.4 Å². The molecule has 0 atom stereocenters. The fourth-order valence-electron chi connectivity index (χ4n) is 3.32. The number of carbonyl (C=O) groups excluding carboxylic acids is 1. The lowest BCUT2D eigenvalue weighted by Crippen LogP contribution is -2.17. The van der Waals surface area contributed by atoms with Crippen LogP contribution in [0, 0.1) is 12.7 Å². The lowest BCUT2D eigenvalue weighted by atomic mass is 9.97. The Morgan fingerprint density at radius 3 is 2.52 bits per heavy atom. The number of halogens is 2. The van der Waals surface area contributed by atoms with Gasteiger partial charge in [-0.2, -0.15) is 0 Å². The Kier molecular flexibility index (Phi) is 5.48. The van der Waals surface area contributed by atoms with Gasteiger partial charge in [-0.1, -0.05) is 46.3 Å². The first-order valence-electron chi connectivity index (χ1n) is 9.20. The molecule has 154 valence electrons. The highest BCUT2D eigenvalue weighted by Crippen LogP contribution is 2.31. The number of aromatic nitrogens is 2. The smallest absolute Gasteiger partial charge is 0.337 e. The molecule has 2 aromatic heterocycles. The van der Waals surface area contributed by atoms with E-state index in [-0.39, 0.29) is 11.4 Å². The Hall–Kier alpha value is -3.65. The summed E-state index contributed by atoms with van der Waals surface area (Å²) in [5.41, 5.74) is 2.72. The topological polar surface area (TPSA) is 92.2 Å². The quantitative estimate of drug-likeness (QED) is 0.405. The molecule has 8 heteroatoms. The number of anilines is 1. The van der Waals surface area contributed by atoms with Crippen LogP contribution in [0.4, 0.5) is 10.2 Å². The van der Waals surface area contributed by atoms with Crippen LogP contribution in [-0.4, -0.2) is 27.0 Å². The summed E-state index contributed by atoms with van der Waals surface area (Å²) in [6.45, 7) is 1.78. The summed E-state index contributed by atoms with van der Waals surface area (Å²) < 4.78 is 15.1. The lowest BCUT2D eigenvalue weighted by molar-refractivity contribution is 0.0695. The molecule has 0 bridgehead atoms. The number of amides is 1. The molecule has 0 radical (unpaired) electrons.